The molecule has 0 aromatic heterocycles. The van der Waals surface area contributed by atoms with Gasteiger partial charge < -0.3 is 9.64 Å². The summed E-state index contributed by atoms with van der Waals surface area (Å²) in [5.41, 5.74) is -0.00929. The van der Waals surface area contributed by atoms with E-state index in [0.29, 0.717) is 12.2 Å². The number of fused-ring (bicyclic) bond motifs is 1. The van der Waals surface area contributed by atoms with Crippen LogP contribution in [-0.2, 0) is 19.6 Å². The molecule has 21 heavy (non-hydrogen) atoms. The highest BCUT2D eigenvalue weighted by Crippen LogP contribution is 2.29. The Kier molecular flexibility index (Phi) is 4.04. The Morgan fingerprint density at radius 3 is 2.62 bits per heavy atom. The van der Waals surface area contributed by atoms with Crippen LogP contribution in [0.15, 0.2) is 33.6 Å². The number of sulfonamides is 1. The summed E-state index contributed by atoms with van der Waals surface area (Å²) in [6.45, 7) is 5.71. The quantitative estimate of drug-likeness (QED) is 0.798. The molecule has 0 spiro atoms. The van der Waals surface area contributed by atoms with E-state index in [9.17, 15) is 13.2 Å². The van der Waals surface area contributed by atoms with Crippen LogP contribution in [0.25, 0.3) is 0 Å². The van der Waals surface area contributed by atoms with Crippen LogP contribution in [0, 0.1) is 0 Å². The third-order valence-electron chi connectivity index (χ3n) is 2.75. The topological polar surface area (TPSA) is 76.0 Å². The molecule has 0 amide bonds. The number of para-hydroxylation sites is 1. The van der Waals surface area contributed by atoms with Crippen LogP contribution >= 0.6 is 0 Å². The smallest absolute Gasteiger partial charge is 0.308 e. The average Bonchev–Trinajstić information content (AvgIpc) is 2.36. The second kappa shape index (κ2) is 5.48. The second-order valence-electron chi connectivity index (χ2n) is 5.69. The Morgan fingerprint density at radius 1 is 1.29 bits per heavy atom. The lowest BCUT2D eigenvalue weighted by atomic mass is 10.2. The van der Waals surface area contributed by atoms with E-state index in [2.05, 4.69) is 4.40 Å². The van der Waals surface area contributed by atoms with Gasteiger partial charge in [-0.25, -0.2) is 0 Å². The normalized spacial score (nSPS) is 16.4. The summed E-state index contributed by atoms with van der Waals surface area (Å²) in [6.07, 6.45) is 1.39. The number of nitrogens with zero attached hydrogens (tertiary/aromatic N) is 2. The maximum atomic E-state index is 11.8. The van der Waals surface area contributed by atoms with E-state index in [-0.39, 0.29) is 17.3 Å². The van der Waals surface area contributed by atoms with Crippen molar-refractivity contribution in [2.75, 3.05) is 11.4 Å². The summed E-state index contributed by atoms with van der Waals surface area (Å²) in [7, 11) is -3.63. The molecule has 0 saturated carbocycles. The highest BCUT2D eigenvalue weighted by Gasteiger charge is 2.25. The number of hydrogen-bond donors (Lipinski definition) is 0. The number of rotatable bonds is 3. The fraction of sp³-hybridized carbons (Fsp3) is 0.429. The monoisotopic (exact) mass is 310 g/mol. The molecule has 2 rings (SSSR count). The Labute approximate surface area is 124 Å². The molecule has 1 aromatic carbocycles. The third-order valence-corrected chi connectivity index (χ3v) is 4.03. The molecule has 0 atom stereocenters. The Balaban J connectivity index is 2.11. The highest BCUT2D eigenvalue weighted by molar-refractivity contribution is 7.90. The van der Waals surface area contributed by atoms with Gasteiger partial charge in [0.05, 0.1) is 12.1 Å². The summed E-state index contributed by atoms with van der Waals surface area (Å²) in [5.74, 6) is -0.332. The van der Waals surface area contributed by atoms with Crippen molar-refractivity contribution < 1.29 is 17.9 Å². The van der Waals surface area contributed by atoms with Gasteiger partial charge in [-0.15, -0.1) is 4.40 Å². The van der Waals surface area contributed by atoms with Crippen molar-refractivity contribution in [3.63, 3.8) is 0 Å². The Hall–Kier alpha value is -1.89. The maximum absolute atomic E-state index is 11.8. The average molecular weight is 310 g/mol. The van der Waals surface area contributed by atoms with Crippen LogP contribution in [0.2, 0.25) is 0 Å². The first-order valence-corrected chi connectivity index (χ1v) is 8.01. The molecule has 1 aromatic rings. The van der Waals surface area contributed by atoms with Crippen molar-refractivity contribution >= 4 is 28.0 Å². The summed E-state index contributed by atoms with van der Waals surface area (Å²) in [4.78, 5) is 13.5. The van der Waals surface area contributed by atoms with Crippen LogP contribution in [-0.4, -0.2) is 32.9 Å². The minimum atomic E-state index is -3.63. The Morgan fingerprint density at radius 2 is 1.95 bits per heavy atom. The maximum Gasteiger partial charge on any atom is 0.308 e. The predicted molar refractivity (Wildman–Crippen MR) is 79.9 cm³/mol. The van der Waals surface area contributed by atoms with Crippen molar-refractivity contribution in [1.82, 2.24) is 0 Å². The zero-order valence-corrected chi connectivity index (χ0v) is 13.1. The van der Waals surface area contributed by atoms with Gasteiger partial charge in [-0.3, -0.25) is 4.79 Å². The molecule has 114 valence electrons. The van der Waals surface area contributed by atoms with Gasteiger partial charge in [0.15, 0.2) is 0 Å². The minimum absolute atomic E-state index is 0.150. The van der Waals surface area contributed by atoms with E-state index in [1.54, 1.807) is 43.9 Å². The van der Waals surface area contributed by atoms with Crippen LogP contribution in [0.1, 0.15) is 27.2 Å². The minimum Gasteiger partial charge on any atom is -0.460 e. The molecule has 1 aliphatic heterocycles. The second-order valence-corrected chi connectivity index (χ2v) is 7.29. The van der Waals surface area contributed by atoms with E-state index in [0.717, 1.165) is 0 Å². The first-order valence-electron chi connectivity index (χ1n) is 6.57. The van der Waals surface area contributed by atoms with Crippen LogP contribution in [0.5, 0.6) is 0 Å². The molecular weight excluding hydrogens is 292 g/mol. The van der Waals surface area contributed by atoms with Gasteiger partial charge in [-0.1, -0.05) is 12.1 Å². The molecule has 6 nitrogen and oxygen atoms in total. The molecule has 0 aliphatic carbocycles. The van der Waals surface area contributed by atoms with Crippen LogP contribution < -0.4 is 4.90 Å². The fourth-order valence-corrected chi connectivity index (χ4v) is 2.98. The van der Waals surface area contributed by atoms with Crippen LogP contribution in [0.3, 0.4) is 0 Å². The van der Waals surface area contributed by atoms with Gasteiger partial charge in [0.25, 0.3) is 10.0 Å². The zero-order chi connectivity index (χ0) is 15.7. The van der Waals surface area contributed by atoms with E-state index < -0.39 is 15.6 Å². The lowest BCUT2D eigenvalue weighted by Gasteiger charge is -2.25. The number of hydrogen-bond acceptors (Lipinski definition) is 5. The van der Waals surface area contributed by atoms with Crippen LogP contribution in [0.4, 0.5) is 5.69 Å². The van der Waals surface area contributed by atoms with Crippen molar-refractivity contribution in [3.8, 4) is 0 Å². The molecule has 1 aliphatic rings. The van der Waals surface area contributed by atoms with Crippen molar-refractivity contribution in [2.45, 2.75) is 37.7 Å². The third kappa shape index (κ3) is 3.81. The number of benzene rings is 1. The van der Waals surface area contributed by atoms with Crippen molar-refractivity contribution in [2.24, 2.45) is 4.40 Å². The first-order chi connectivity index (χ1) is 9.69. The number of esters is 1. The molecule has 7 heteroatoms. The lowest BCUT2D eigenvalue weighted by Crippen LogP contribution is -2.31. The lowest BCUT2D eigenvalue weighted by molar-refractivity contribution is -0.154. The van der Waals surface area contributed by atoms with E-state index in [1.165, 1.54) is 12.4 Å². The van der Waals surface area contributed by atoms with E-state index in [1.807, 2.05) is 0 Å². The summed E-state index contributed by atoms with van der Waals surface area (Å²) >= 11 is 0. The molecule has 1 heterocycles. The van der Waals surface area contributed by atoms with Crippen molar-refractivity contribution in [1.29, 1.82) is 0 Å². The number of carbonyl (C=O) groups excluding carboxylic acids is 1. The van der Waals surface area contributed by atoms with E-state index >= 15 is 0 Å². The van der Waals surface area contributed by atoms with Gasteiger partial charge in [0.2, 0.25) is 0 Å². The summed E-state index contributed by atoms with van der Waals surface area (Å²) in [5, 5.41) is 0. The SMILES string of the molecule is CC(C)(C)OC(=O)CCN1C=NS(=O)(=O)c2ccccc21. The zero-order valence-electron chi connectivity index (χ0n) is 12.2. The first kappa shape index (κ1) is 15.5. The number of carbonyl (C=O) groups is 1. The molecule has 0 bridgehead atoms. The standard InChI is InChI=1S/C14H18N2O4S/c1-14(2,3)20-13(17)8-9-16-10-15-21(18,19)12-7-5-4-6-11(12)16/h4-7,10H,8-9H2,1-3H3. The van der Waals surface area contributed by atoms with Gasteiger partial charge >= 0.3 is 5.97 Å². The van der Waals surface area contributed by atoms with Gasteiger partial charge in [0.1, 0.15) is 16.8 Å². The Bertz CT molecular complexity index is 674. The van der Waals surface area contributed by atoms with E-state index in [4.69, 9.17) is 4.74 Å². The molecule has 0 N–H and O–H groups in total. The van der Waals surface area contributed by atoms with Gasteiger partial charge in [0, 0.05) is 6.54 Å². The summed E-state index contributed by atoms with van der Waals surface area (Å²) in [6, 6.07) is 6.58. The molecule has 0 radical (unpaired) electrons. The van der Waals surface area contributed by atoms with Gasteiger partial charge in [-0.2, -0.15) is 8.42 Å². The highest BCUT2D eigenvalue weighted by atomic mass is 32.2. The molecule has 0 unspecified atom stereocenters. The van der Waals surface area contributed by atoms with Crippen molar-refractivity contribution in [3.05, 3.63) is 24.3 Å². The number of ether oxygens (including phenoxy) is 1. The predicted octanol–water partition coefficient (Wildman–Crippen LogP) is 1.96. The molecule has 0 fully saturated rings. The molecule has 0 saturated heterocycles. The fourth-order valence-electron chi connectivity index (χ4n) is 1.93. The summed E-state index contributed by atoms with van der Waals surface area (Å²) < 4.78 is 32.4. The largest absolute Gasteiger partial charge is 0.460 e. The molecular formula is C14H18N2O4S. The van der Waals surface area contributed by atoms with Gasteiger partial charge in [-0.05, 0) is 32.9 Å². The number of anilines is 1.